The van der Waals surface area contributed by atoms with Crippen LogP contribution in [0, 0.1) is 0 Å². The van der Waals surface area contributed by atoms with Gasteiger partial charge in [-0.1, -0.05) is 0 Å². The number of halogens is 13. The molecule has 0 heterocycles. The van der Waals surface area contributed by atoms with E-state index in [1.54, 1.807) is 0 Å². The molecular formula is C9H7F13O. The predicted molar refractivity (Wildman–Crippen MR) is 47.5 cm³/mol. The van der Waals surface area contributed by atoms with Crippen molar-refractivity contribution in [1.82, 2.24) is 0 Å². The maximum atomic E-state index is 12.9. The summed E-state index contributed by atoms with van der Waals surface area (Å²) in [5.41, 5.74) is 0. The van der Waals surface area contributed by atoms with Crippen LogP contribution in [-0.2, 0) is 0 Å². The van der Waals surface area contributed by atoms with Gasteiger partial charge in [0.1, 0.15) is 0 Å². The monoisotopic (exact) mass is 378 g/mol. The van der Waals surface area contributed by atoms with Crippen molar-refractivity contribution in [1.29, 1.82) is 0 Å². The first-order valence-corrected chi connectivity index (χ1v) is 5.34. The Bertz CT molecular complexity index is 380. The molecule has 1 nitrogen and oxygen atoms in total. The fourth-order valence-electron chi connectivity index (χ4n) is 1.23. The number of hydrogen-bond donors (Lipinski definition) is 1. The molecule has 0 aromatic rings. The number of rotatable bonds is 8. The lowest BCUT2D eigenvalue weighted by Gasteiger charge is -2.33. The lowest BCUT2D eigenvalue weighted by Crippen LogP contribution is -2.61. The summed E-state index contributed by atoms with van der Waals surface area (Å²) >= 11 is 0. The molecule has 0 aliphatic rings. The fraction of sp³-hybridized carbons (Fsp3) is 1.00. The van der Waals surface area contributed by atoms with Crippen LogP contribution in [0.4, 0.5) is 57.1 Å². The van der Waals surface area contributed by atoms with Crippen LogP contribution in [0.1, 0.15) is 0 Å². The Hall–Kier alpha value is -0.950. The lowest BCUT2D eigenvalue weighted by atomic mass is 9.96. The third-order valence-electron chi connectivity index (χ3n) is 2.58. The van der Waals surface area contributed by atoms with E-state index in [9.17, 15) is 57.1 Å². The van der Waals surface area contributed by atoms with Crippen molar-refractivity contribution >= 4 is 0 Å². The van der Waals surface area contributed by atoms with E-state index in [4.69, 9.17) is 5.11 Å². The average molecular weight is 378 g/mol. The van der Waals surface area contributed by atoms with Gasteiger partial charge in [-0.2, -0.15) is 26.3 Å². The van der Waals surface area contributed by atoms with Gasteiger partial charge in [-0.25, -0.2) is 30.7 Å². The summed E-state index contributed by atoms with van der Waals surface area (Å²) in [4.78, 5) is 0. The van der Waals surface area contributed by atoms with Crippen molar-refractivity contribution in [2.45, 2.75) is 55.2 Å². The van der Waals surface area contributed by atoms with E-state index in [1.165, 1.54) is 0 Å². The molecule has 0 fully saturated rings. The Morgan fingerprint density at radius 3 is 1.22 bits per heavy atom. The summed E-state index contributed by atoms with van der Waals surface area (Å²) in [6.07, 6.45) is -33.6. The van der Waals surface area contributed by atoms with E-state index in [-0.39, 0.29) is 0 Å². The number of aliphatic hydroxyl groups is 1. The molecule has 0 bridgehead atoms. The molecular weight excluding hydrogens is 371 g/mol. The molecule has 1 N–H and O–H groups in total. The minimum absolute atomic E-state index is 4.12. The van der Waals surface area contributed by atoms with Crippen molar-refractivity contribution < 1.29 is 62.2 Å². The Morgan fingerprint density at radius 2 is 0.913 bits per heavy atom. The zero-order chi connectivity index (χ0) is 19.0. The molecule has 0 aliphatic carbocycles. The van der Waals surface area contributed by atoms with Crippen molar-refractivity contribution in [3.05, 3.63) is 0 Å². The molecule has 0 amide bonds. The Labute approximate surface area is 119 Å². The first-order valence-electron chi connectivity index (χ1n) is 5.34. The van der Waals surface area contributed by atoms with E-state index >= 15 is 0 Å². The van der Waals surface area contributed by atoms with Crippen molar-refractivity contribution in [3.8, 4) is 0 Å². The molecule has 5 atom stereocenters. The molecule has 0 aromatic carbocycles. The molecule has 0 saturated carbocycles. The van der Waals surface area contributed by atoms with Crippen LogP contribution in [0.3, 0.4) is 0 Å². The van der Waals surface area contributed by atoms with Crippen LogP contribution in [0.2, 0.25) is 0 Å². The summed E-state index contributed by atoms with van der Waals surface area (Å²) in [5.74, 6) is -13.8. The van der Waals surface area contributed by atoms with E-state index in [1.807, 2.05) is 0 Å². The van der Waals surface area contributed by atoms with Gasteiger partial charge in [0.05, 0.1) is 0 Å². The van der Waals surface area contributed by atoms with E-state index in [0.717, 1.165) is 0 Å². The number of alkyl halides is 13. The highest BCUT2D eigenvalue weighted by molar-refractivity contribution is 5.01. The zero-order valence-electron chi connectivity index (χ0n) is 10.3. The van der Waals surface area contributed by atoms with Gasteiger partial charge in [0.15, 0.2) is 24.7 Å². The van der Waals surface area contributed by atoms with E-state index in [2.05, 4.69) is 0 Å². The molecule has 0 aromatic heterocycles. The molecule has 0 radical (unpaired) electrons. The zero-order valence-corrected chi connectivity index (χ0v) is 10.3. The summed E-state index contributed by atoms with van der Waals surface area (Å²) in [6.45, 7) is 0. The first kappa shape index (κ1) is 22.1. The SMILES string of the molecule is OC(F)(F)C(F)(F)C(F)(F)C(F)C(F)C(F)C(F)C(F)C(F)F. The van der Waals surface area contributed by atoms with Crippen molar-refractivity contribution in [2.75, 3.05) is 0 Å². The van der Waals surface area contributed by atoms with Crippen LogP contribution in [0.5, 0.6) is 0 Å². The van der Waals surface area contributed by atoms with Gasteiger partial charge in [0, 0.05) is 0 Å². The minimum atomic E-state index is -6.97. The molecule has 140 valence electrons. The van der Waals surface area contributed by atoms with Crippen molar-refractivity contribution in [2.24, 2.45) is 0 Å². The van der Waals surface area contributed by atoms with Gasteiger partial charge in [0.2, 0.25) is 6.17 Å². The second-order valence-corrected chi connectivity index (χ2v) is 4.25. The maximum Gasteiger partial charge on any atom is 0.423 e. The van der Waals surface area contributed by atoms with Crippen LogP contribution in [0.25, 0.3) is 0 Å². The normalized spacial score (nSPS) is 21.0. The van der Waals surface area contributed by atoms with Crippen LogP contribution in [-0.4, -0.2) is 60.3 Å². The van der Waals surface area contributed by atoms with Gasteiger partial charge in [-0.3, -0.25) is 0 Å². The third-order valence-corrected chi connectivity index (χ3v) is 2.58. The standard InChI is InChI=1S/C9H7F13O/c10-1(2(11)4(13)6(15)16)3(12)5(14)7(17,18)8(19,20)9(21,22)23/h1-6,23H. The quantitative estimate of drug-likeness (QED) is 0.638. The van der Waals surface area contributed by atoms with E-state index < -0.39 is 55.2 Å². The highest BCUT2D eigenvalue weighted by Crippen LogP contribution is 2.48. The molecule has 5 unspecified atom stereocenters. The van der Waals surface area contributed by atoms with Crippen LogP contribution in [0.15, 0.2) is 0 Å². The fourth-order valence-corrected chi connectivity index (χ4v) is 1.23. The van der Waals surface area contributed by atoms with Gasteiger partial charge in [-0.15, -0.1) is 0 Å². The van der Waals surface area contributed by atoms with Crippen LogP contribution >= 0.6 is 0 Å². The second-order valence-electron chi connectivity index (χ2n) is 4.25. The summed E-state index contributed by atoms with van der Waals surface area (Å²) in [7, 11) is 0. The van der Waals surface area contributed by atoms with Crippen molar-refractivity contribution in [3.63, 3.8) is 0 Å². The molecule has 0 saturated heterocycles. The smallest absolute Gasteiger partial charge is 0.331 e. The summed E-state index contributed by atoms with van der Waals surface area (Å²) in [5, 5.41) is 7.54. The molecule has 14 heteroatoms. The van der Waals surface area contributed by atoms with Crippen LogP contribution < -0.4 is 0 Å². The van der Waals surface area contributed by atoms with Gasteiger partial charge in [-0.05, 0) is 0 Å². The molecule has 0 rings (SSSR count). The second kappa shape index (κ2) is 6.89. The average Bonchev–Trinajstić information content (AvgIpc) is 2.41. The Balaban J connectivity index is 5.39. The maximum absolute atomic E-state index is 12.9. The molecule has 0 aliphatic heterocycles. The Morgan fingerprint density at radius 1 is 0.565 bits per heavy atom. The third kappa shape index (κ3) is 4.12. The topological polar surface area (TPSA) is 20.2 Å². The molecule has 23 heavy (non-hydrogen) atoms. The Kier molecular flexibility index (Phi) is 6.60. The predicted octanol–water partition coefficient (Wildman–Crippen LogP) is 3.80. The minimum Gasteiger partial charge on any atom is -0.331 e. The first-order chi connectivity index (χ1) is 10.00. The highest BCUT2D eigenvalue weighted by atomic mass is 19.4. The lowest BCUT2D eigenvalue weighted by molar-refractivity contribution is -0.395. The van der Waals surface area contributed by atoms with E-state index in [0.29, 0.717) is 0 Å². The van der Waals surface area contributed by atoms with Gasteiger partial charge >= 0.3 is 18.0 Å². The van der Waals surface area contributed by atoms with Gasteiger partial charge < -0.3 is 5.11 Å². The largest absolute Gasteiger partial charge is 0.423 e. The summed E-state index contributed by atoms with van der Waals surface area (Å²) in [6, 6.07) is 0. The number of hydrogen-bond acceptors (Lipinski definition) is 1. The molecule has 0 spiro atoms. The van der Waals surface area contributed by atoms with Gasteiger partial charge in [0.25, 0.3) is 6.43 Å². The highest BCUT2D eigenvalue weighted by Gasteiger charge is 2.76. The summed E-state index contributed by atoms with van der Waals surface area (Å²) < 4.78 is 162.